The lowest BCUT2D eigenvalue weighted by Gasteiger charge is -2.33. The molecule has 0 saturated heterocycles. The van der Waals surface area contributed by atoms with Crippen molar-refractivity contribution >= 4 is 0 Å². The Kier molecular flexibility index (Phi) is 7.20. The van der Waals surface area contributed by atoms with Crippen molar-refractivity contribution in [3.05, 3.63) is 22.3 Å². The predicted molar refractivity (Wildman–Crippen MR) is 124 cm³/mol. The van der Waals surface area contributed by atoms with Crippen LogP contribution in [0.4, 0.5) is 0 Å². The molecule has 0 aromatic rings. The lowest BCUT2D eigenvalue weighted by molar-refractivity contribution is 0.256. The Morgan fingerprint density at radius 2 is 0.786 bits per heavy atom. The van der Waals surface area contributed by atoms with Crippen LogP contribution in [-0.4, -0.2) is 0 Å². The van der Waals surface area contributed by atoms with Crippen LogP contribution in [0.25, 0.3) is 0 Å². The average molecular weight is 385 g/mol. The van der Waals surface area contributed by atoms with Gasteiger partial charge < -0.3 is 0 Å². The van der Waals surface area contributed by atoms with Crippen LogP contribution in [0.2, 0.25) is 0 Å². The molecule has 0 aromatic carbocycles. The fraction of sp³-hybridized carbons (Fsp3) is 0.857. The summed E-state index contributed by atoms with van der Waals surface area (Å²) < 4.78 is 0. The molecule has 4 bridgehead atoms. The molecule has 28 heavy (non-hydrogen) atoms. The van der Waals surface area contributed by atoms with Gasteiger partial charge in [0.05, 0.1) is 0 Å². The number of rotatable bonds is 2. The standard InChI is InChI=1S/2C14H24/c2*1-9(2)13-7-11-5-6-12(8-13)14(11)10(3)4/h2*9,11-13H,5-8H2,1-4H3. The third kappa shape index (κ3) is 4.62. The maximum absolute atomic E-state index is 2.40. The second kappa shape index (κ2) is 9.09. The predicted octanol–water partition coefficient (Wildman–Crippen LogP) is 8.83. The molecule has 4 unspecified atom stereocenters. The normalized spacial score (nSPS) is 36.6. The monoisotopic (exact) mass is 384 g/mol. The van der Waals surface area contributed by atoms with E-state index in [2.05, 4.69) is 55.4 Å². The van der Waals surface area contributed by atoms with E-state index < -0.39 is 0 Å². The van der Waals surface area contributed by atoms with E-state index in [-0.39, 0.29) is 0 Å². The molecule has 160 valence electrons. The van der Waals surface area contributed by atoms with Gasteiger partial charge in [0.15, 0.2) is 0 Å². The third-order valence-corrected chi connectivity index (χ3v) is 8.88. The van der Waals surface area contributed by atoms with E-state index in [0.717, 1.165) is 47.3 Å². The lowest BCUT2D eigenvalue weighted by Crippen LogP contribution is -2.23. The fourth-order valence-corrected chi connectivity index (χ4v) is 7.45. The highest BCUT2D eigenvalue weighted by Gasteiger charge is 2.40. The molecule has 4 atom stereocenters. The van der Waals surface area contributed by atoms with Gasteiger partial charge in [0.1, 0.15) is 0 Å². The molecule has 0 N–H and O–H groups in total. The summed E-state index contributed by atoms with van der Waals surface area (Å²) in [5.74, 6) is 7.68. The molecule has 0 spiro atoms. The topological polar surface area (TPSA) is 0 Å². The molecule has 4 fully saturated rings. The van der Waals surface area contributed by atoms with Crippen LogP contribution in [0, 0.1) is 47.3 Å². The van der Waals surface area contributed by atoms with Crippen LogP contribution in [0.3, 0.4) is 0 Å². The summed E-state index contributed by atoms with van der Waals surface area (Å²) >= 11 is 0. The van der Waals surface area contributed by atoms with E-state index in [9.17, 15) is 0 Å². The molecule has 0 amide bonds. The van der Waals surface area contributed by atoms with Gasteiger partial charge in [-0.05, 0) is 126 Å². The first-order valence-corrected chi connectivity index (χ1v) is 12.5. The van der Waals surface area contributed by atoms with Crippen LogP contribution in [-0.2, 0) is 0 Å². The summed E-state index contributed by atoms with van der Waals surface area (Å²) in [4.78, 5) is 0. The number of allylic oxidation sites excluding steroid dienone is 4. The highest BCUT2D eigenvalue weighted by molar-refractivity contribution is 5.24. The van der Waals surface area contributed by atoms with Crippen molar-refractivity contribution in [2.75, 3.05) is 0 Å². The van der Waals surface area contributed by atoms with Crippen molar-refractivity contribution in [3.63, 3.8) is 0 Å². The molecule has 0 heteroatoms. The molecular weight excluding hydrogens is 336 g/mol. The summed E-state index contributed by atoms with van der Waals surface area (Å²) in [6.45, 7) is 18.9. The number of fused-ring (bicyclic) bond motifs is 4. The Balaban J connectivity index is 0.000000161. The largest absolute Gasteiger partial charge is 0.0767 e. The van der Waals surface area contributed by atoms with Crippen LogP contribution in [0.5, 0.6) is 0 Å². The highest BCUT2D eigenvalue weighted by atomic mass is 14.5. The van der Waals surface area contributed by atoms with Gasteiger partial charge in [-0.1, -0.05) is 50.0 Å². The summed E-state index contributed by atoms with van der Waals surface area (Å²) in [6, 6.07) is 0. The number of hydrogen-bond donors (Lipinski definition) is 0. The van der Waals surface area contributed by atoms with E-state index in [1.165, 1.54) is 51.4 Å². The first-order chi connectivity index (χ1) is 13.2. The fourth-order valence-electron chi connectivity index (χ4n) is 7.45. The van der Waals surface area contributed by atoms with Crippen molar-refractivity contribution in [3.8, 4) is 0 Å². The van der Waals surface area contributed by atoms with Gasteiger partial charge in [0, 0.05) is 0 Å². The first-order valence-electron chi connectivity index (χ1n) is 12.5. The van der Waals surface area contributed by atoms with Crippen LogP contribution in [0.15, 0.2) is 22.3 Å². The Hall–Kier alpha value is -0.520. The van der Waals surface area contributed by atoms with Crippen molar-refractivity contribution in [1.29, 1.82) is 0 Å². The van der Waals surface area contributed by atoms with Gasteiger partial charge in [-0.3, -0.25) is 0 Å². The Labute approximate surface area is 176 Å². The van der Waals surface area contributed by atoms with Crippen molar-refractivity contribution in [2.24, 2.45) is 47.3 Å². The molecule has 0 aliphatic heterocycles. The molecule has 0 heterocycles. The minimum absolute atomic E-state index is 0.900. The lowest BCUT2D eigenvalue weighted by atomic mass is 9.72. The molecule has 4 saturated carbocycles. The van der Waals surface area contributed by atoms with Crippen molar-refractivity contribution in [2.45, 2.75) is 107 Å². The van der Waals surface area contributed by atoms with Gasteiger partial charge in [0.2, 0.25) is 0 Å². The molecule has 0 radical (unpaired) electrons. The van der Waals surface area contributed by atoms with Crippen molar-refractivity contribution in [1.82, 2.24) is 0 Å². The molecular formula is C28H48. The Morgan fingerprint density at radius 3 is 0.964 bits per heavy atom. The minimum atomic E-state index is 0.900. The second-order valence-electron chi connectivity index (χ2n) is 11.8. The third-order valence-electron chi connectivity index (χ3n) is 8.88. The maximum Gasteiger partial charge on any atom is -0.0195 e. The second-order valence-corrected chi connectivity index (χ2v) is 11.8. The molecule has 4 aliphatic carbocycles. The summed E-state index contributed by atoms with van der Waals surface area (Å²) in [7, 11) is 0. The van der Waals surface area contributed by atoms with E-state index in [0.29, 0.717) is 0 Å². The Bertz CT molecular complexity index is 508. The molecule has 4 rings (SSSR count). The van der Waals surface area contributed by atoms with E-state index in [4.69, 9.17) is 0 Å². The maximum atomic E-state index is 2.40. The van der Waals surface area contributed by atoms with Gasteiger partial charge in [-0.15, -0.1) is 0 Å². The molecule has 0 aromatic heterocycles. The smallest absolute Gasteiger partial charge is 0.0195 e. The summed E-state index contributed by atoms with van der Waals surface area (Å²) in [5, 5.41) is 0. The van der Waals surface area contributed by atoms with Crippen LogP contribution in [0.1, 0.15) is 107 Å². The quantitative estimate of drug-likeness (QED) is 0.417. The number of hydrogen-bond acceptors (Lipinski definition) is 0. The van der Waals surface area contributed by atoms with E-state index in [1.807, 2.05) is 11.1 Å². The van der Waals surface area contributed by atoms with Crippen LogP contribution >= 0.6 is 0 Å². The van der Waals surface area contributed by atoms with Gasteiger partial charge >= 0.3 is 0 Å². The van der Waals surface area contributed by atoms with Gasteiger partial charge in [-0.25, -0.2) is 0 Å². The zero-order valence-corrected chi connectivity index (χ0v) is 20.3. The van der Waals surface area contributed by atoms with Gasteiger partial charge in [0.25, 0.3) is 0 Å². The SMILES string of the molecule is CC(C)=C1C2CCC1CC(C(C)C)C2.CC(C)=C1C2CCC1CC(C(C)C)C2. The van der Waals surface area contributed by atoms with Crippen molar-refractivity contribution < 1.29 is 0 Å². The molecule has 0 nitrogen and oxygen atoms in total. The zero-order chi connectivity index (χ0) is 20.6. The zero-order valence-electron chi connectivity index (χ0n) is 20.3. The summed E-state index contributed by atoms with van der Waals surface area (Å²) in [5.41, 5.74) is 6.95. The van der Waals surface area contributed by atoms with Crippen LogP contribution < -0.4 is 0 Å². The molecule has 4 aliphatic rings. The highest BCUT2D eigenvalue weighted by Crippen LogP contribution is 2.52. The van der Waals surface area contributed by atoms with Gasteiger partial charge in [-0.2, -0.15) is 0 Å². The average Bonchev–Trinajstić information content (AvgIpc) is 3.04. The summed E-state index contributed by atoms with van der Waals surface area (Å²) in [6.07, 6.45) is 11.8. The van der Waals surface area contributed by atoms with E-state index in [1.54, 1.807) is 11.1 Å². The van der Waals surface area contributed by atoms with E-state index >= 15 is 0 Å². The first kappa shape index (κ1) is 22.2. The Morgan fingerprint density at radius 1 is 0.536 bits per heavy atom. The minimum Gasteiger partial charge on any atom is -0.0767 e.